The van der Waals surface area contributed by atoms with Gasteiger partial charge in [-0.2, -0.15) is 0 Å². The lowest BCUT2D eigenvalue weighted by atomic mass is 10.2. The van der Waals surface area contributed by atoms with Gasteiger partial charge in [-0.1, -0.05) is 0 Å². The number of hydrogen-bond donors (Lipinski definition) is 0. The van der Waals surface area contributed by atoms with Gasteiger partial charge in [-0.3, -0.25) is 4.79 Å². The SMILES string of the molecule is CCn1c(-c2nc3cc(C=O)cc(OC)c3n2C)nc2cccnc21. The van der Waals surface area contributed by atoms with Crippen LogP contribution in [0.5, 0.6) is 5.75 Å². The number of aryl methyl sites for hydroxylation is 2. The van der Waals surface area contributed by atoms with E-state index < -0.39 is 0 Å². The highest BCUT2D eigenvalue weighted by atomic mass is 16.5. The average molecular weight is 335 g/mol. The van der Waals surface area contributed by atoms with E-state index in [0.29, 0.717) is 22.7 Å². The number of rotatable bonds is 4. The first-order valence-electron chi connectivity index (χ1n) is 7.99. The van der Waals surface area contributed by atoms with Gasteiger partial charge in [-0.05, 0) is 31.2 Å². The van der Waals surface area contributed by atoms with Gasteiger partial charge in [-0.15, -0.1) is 0 Å². The number of carbonyl (C=O) groups excluding carboxylic acids is 1. The fraction of sp³-hybridized carbons (Fsp3) is 0.222. The molecular formula is C18H17N5O2. The van der Waals surface area contributed by atoms with Crippen molar-refractivity contribution in [3.05, 3.63) is 36.0 Å². The maximum atomic E-state index is 11.2. The van der Waals surface area contributed by atoms with Gasteiger partial charge in [0.25, 0.3) is 0 Å². The Kier molecular flexibility index (Phi) is 3.49. The molecule has 1 aromatic carbocycles. The number of benzene rings is 1. The molecule has 0 atom stereocenters. The number of imidazole rings is 2. The third kappa shape index (κ3) is 2.20. The zero-order valence-corrected chi connectivity index (χ0v) is 14.2. The zero-order chi connectivity index (χ0) is 17.6. The molecule has 0 radical (unpaired) electrons. The van der Waals surface area contributed by atoms with E-state index in [4.69, 9.17) is 14.7 Å². The normalized spacial score (nSPS) is 11.3. The van der Waals surface area contributed by atoms with Crippen LogP contribution >= 0.6 is 0 Å². The zero-order valence-electron chi connectivity index (χ0n) is 14.2. The maximum Gasteiger partial charge on any atom is 0.178 e. The van der Waals surface area contributed by atoms with Gasteiger partial charge in [0.15, 0.2) is 17.3 Å². The smallest absolute Gasteiger partial charge is 0.178 e. The molecule has 126 valence electrons. The number of methoxy groups -OCH3 is 1. The summed E-state index contributed by atoms with van der Waals surface area (Å²) < 4.78 is 9.43. The highest BCUT2D eigenvalue weighted by Crippen LogP contribution is 2.31. The highest BCUT2D eigenvalue weighted by Gasteiger charge is 2.20. The van der Waals surface area contributed by atoms with Gasteiger partial charge < -0.3 is 13.9 Å². The molecule has 7 heteroatoms. The van der Waals surface area contributed by atoms with E-state index in [1.165, 1.54) is 0 Å². The molecule has 25 heavy (non-hydrogen) atoms. The van der Waals surface area contributed by atoms with Crippen LogP contribution in [0, 0.1) is 0 Å². The molecule has 4 rings (SSSR count). The fourth-order valence-electron chi connectivity index (χ4n) is 3.18. The predicted octanol–water partition coefficient (Wildman–Crippen LogP) is 2.83. The van der Waals surface area contributed by atoms with Crippen molar-refractivity contribution in [1.82, 2.24) is 24.1 Å². The molecule has 3 aromatic heterocycles. The molecule has 0 fully saturated rings. The molecule has 3 heterocycles. The Labute approximate surface area is 143 Å². The number of ether oxygens (including phenoxy) is 1. The molecule has 0 aliphatic carbocycles. The second kappa shape index (κ2) is 5.70. The van der Waals surface area contributed by atoms with Crippen LogP contribution in [0.4, 0.5) is 0 Å². The van der Waals surface area contributed by atoms with Gasteiger partial charge in [0.1, 0.15) is 23.1 Å². The number of aromatic nitrogens is 5. The summed E-state index contributed by atoms with van der Waals surface area (Å²) in [7, 11) is 3.50. The van der Waals surface area contributed by atoms with Crippen molar-refractivity contribution in [3.8, 4) is 17.4 Å². The Hall–Kier alpha value is -3.22. The molecule has 0 saturated heterocycles. The lowest BCUT2D eigenvalue weighted by Gasteiger charge is -2.07. The van der Waals surface area contributed by atoms with E-state index >= 15 is 0 Å². The van der Waals surface area contributed by atoms with Crippen LogP contribution in [0.2, 0.25) is 0 Å². The largest absolute Gasteiger partial charge is 0.494 e. The van der Waals surface area contributed by atoms with Crippen molar-refractivity contribution in [2.45, 2.75) is 13.5 Å². The molecule has 0 aliphatic heterocycles. The van der Waals surface area contributed by atoms with E-state index in [2.05, 4.69) is 4.98 Å². The van der Waals surface area contributed by atoms with E-state index in [-0.39, 0.29) is 0 Å². The number of aldehydes is 1. The van der Waals surface area contributed by atoms with Crippen LogP contribution in [0.3, 0.4) is 0 Å². The van der Waals surface area contributed by atoms with Gasteiger partial charge >= 0.3 is 0 Å². The second-order valence-electron chi connectivity index (χ2n) is 5.73. The van der Waals surface area contributed by atoms with Crippen molar-refractivity contribution < 1.29 is 9.53 Å². The van der Waals surface area contributed by atoms with Gasteiger partial charge in [0.2, 0.25) is 0 Å². The molecule has 4 aromatic rings. The number of carbonyl (C=O) groups is 1. The first-order chi connectivity index (χ1) is 12.2. The lowest BCUT2D eigenvalue weighted by molar-refractivity contribution is 0.112. The molecule has 0 unspecified atom stereocenters. The minimum Gasteiger partial charge on any atom is -0.494 e. The van der Waals surface area contributed by atoms with E-state index in [0.717, 1.165) is 35.3 Å². The minimum atomic E-state index is 0.527. The Bertz CT molecular complexity index is 1110. The van der Waals surface area contributed by atoms with Crippen LogP contribution in [-0.2, 0) is 13.6 Å². The van der Waals surface area contributed by atoms with E-state index in [1.807, 2.05) is 35.2 Å². The molecule has 0 N–H and O–H groups in total. The summed E-state index contributed by atoms with van der Waals surface area (Å²) in [5.41, 5.74) is 3.70. The standard InChI is InChI=1S/C18H17N5O2/c1-4-23-16-12(6-5-7-19-16)20-18(23)17-21-13-8-11(10-24)9-14(25-3)15(13)22(17)2/h5-10H,4H2,1-3H3. The van der Waals surface area contributed by atoms with E-state index in [9.17, 15) is 4.79 Å². The molecule has 0 aliphatic rings. The Morgan fingerprint density at radius 2 is 2.00 bits per heavy atom. The van der Waals surface area contributed by atoms with Gasteiger partial charge in [0, 0.05) is 25.4 Å². The van der Waals surface area contributed by atoms with Crippen LogP contribution < -0.4 is 4.74 Å². The van der Waals surface area contributed by atoms with Gasteiger partial charge in [-0.25, -0.2) is 15.0 Å². The molecular weight excluding hydrogens is 318 g/mol. The van der Waals surface area contributed by atoms with Crippen LogP contribution in [0.15, 0.2) is 30.5 Å². The summed E-state index contributed by atoms with van der Waals surface area (Å²) >= 11 is 0. The molecule has 0 spiro atoms. The average Bonchev–Trinajstić information content (AvgIpc) is 3.18. The summed E-state index contributed by atoms with van der Waals surface area (Å²) in [6, 6.07) is 7.27. The first kappa shape index (κ1) is 15.3. The second-order valence-corrected chi connectivity index (χ2v) is 5.73. The molecule has 0 bridgehead atoms. The van der Waals surface area contributed by atoms with Crippen molar-refractivity contribution in [3.63, 3.8) is 0 Å². The molecule has 0 saturated carbocycles. The van der Waals surface area contributed by atoms with Crippen molar-refractivity contribution in [2.24, 2.45) is 7.05 Å². The quantitative estimate of drug-likeness (QED) is 0.536. The maximum absolute atomic E-state index is 11.2. The van der Waals surface area contributed by atoms with Crippen molar-refractivity contribution in [1.29, 1.82) is 0 Å². The van der Waals surface area contributed by atoms with Crippen LogP contribution in [0.25, 0.3) is 33.8 Å². The van der Waals surface area contributed by atoms with Crippen molar-refractivity contribution >= 4 is 28.5 Å². The van der Waals surface area contributed by atoms with Crippen LogP contribution in [-0.4, -0.2) is 37.5 Å². The number of pyridine rings is 1. The lowest BCUT2D eigenvalue weighted by Crippen LogP contribution is -2.03. The summed E-state index contributed by atoms with van der Waals surface area (Å²) in [6.07, 6.45) is 2.55. The summed E-state index contributed by atoms with van der Waals surface area (Å²) in [4.78, 5) is 25.0. The first-order valence-corrected chi connectivity index (χ1v) is 7.99. The third-order valence-corrected chi connectivity index (χ3v) is 4.33. The summed E-state index contributed by atoms with van der Waals surface area (Å²) in [6.45, 7) is 2.77. The van der Waals surface area contributed by atoms with Gasteiger partial charge in [0.05, 0.1) is 12.6 Å². The Morgan fingerprint density at radius 3 is 2.72 bits per heavy atom. The topological polar surface area (TPSA) is 74.8 Å². The molecule has 7 nitrogen and oxygen atoms in total. The Morgan fingerprint density at radius 1 is 1.20 bits per heavy atom. The summed E-state index contributed by atoms with van der Waals surface area (Å²) in [5, 5.41) is 0. The number of hydrogen-bond acceptors (Lipinski definition) is 5. The van der Waals surface area contributed by atoms with Crippen molar-refractivity contribution in [2.75, 3.05) is 7.11 Å². The molecule has 0 amide bonds. The predicted molar refractivity (Wildman–Crippen MR) is 94.8 cm³/mol. The monoisotopic (exact) mass is 335 g/mol. The number of nitrogens with zero attached hydrogens (tertiary/aromatic N) is 5. The summed E-state index contributed by atoms with van der Waals surface area (Å²) in [5.74, 6) is 2.05. The van der Waals surface area contributed by atoms with E-state index in [1.54, 1.807) is 25.4 Å². The minimum absolute atomic E-state index is 0.527. The van der Waals surface area contributed by atoms with Crippen LogP contribution in [0.1, 0.15) is 17.3 Å². The fourth-order valence-corrected chi connectivity index (χ4v) is 3.18. The Balaban J connectivity index is 2.05. The highest BCUT2D eigenvalue weighted by molar-refractivity contribution is 5.91. The third-order valence-electron chi connectivity index (χ3n) is 4.33. The number of fused-ring (bicyclic) bond motifs is 2.